The quantitative estimate of drug-likeness (QED) is 0.570. The molecule has 98 valence electrons. The first-order valence-electron chi connectivity index (χ1n) is 5.20. The number of rotatable bonds is 6. The molecule has 1 unspecified atom stereocenters. The van der Waals surface area contributed by atoms with Crippen LogP contribution in [0.5, 0.6) is 0 Å². The van der Waals surface area contributed by atoms with Gasteiger partial charge in [-0.25, -0.2) is 9.59 Å². The van der Waals surface area contributed by atoms with Gasteiger partial charge in [-0.1, -0.05) is 13.8 Å². The summed E-state index contributed by atoms with van der Waals surface area (Å²) in [6.07, 6.45) is 0.424. The fourth-order valence-corrected chi connectivity index (χ4v) is 1.19. The maximum absolute atomic E-state index is 11.3. The number of carboxylic acid groups (broad SMARTS) is 1. The molecule has 0 saturated carbocycles. The monoisotopic (exact) mass is 246 g/mol. The van der Waals surface area contributed by atoms with Gasteiger partial charge in [-0.05, 0) is 12.3 Å². The Labute approximate surface area is 99.5 Å². The molecule has 2 amide bonds. The predicted octanol–water partition coefficient (Wildman–Crippen LogP) is -0.0421. The van der Waals surface area contributed by atoms with E-state index in [1.165, 1.54) is 7.11 Å². The van der Waals surface area contributed by atoms with E-state index in [0.717, 1.165) is 0 Å². The topological polar surface area (TPSA) is 105 Å². The lowest BCUT2D eigenvalue weighted by Crippen LogP contribution is -2.48. The first-order valence-corrected chi connectivity index (χ1v) is 5.20. The average Bonchev–Trinajstić information content (AvgIpc) is 2.23. The van der Waals surface area contributed by atoms with Gasteiger partial charge in [0.15, 0.2) is 0 Å². The van der Waals surface area contributed by atoms with Gasteiger partial charge in [0.05, 0.1) is 7.11 Å². The molecule has 0 rings (SSSR count). The Morgan fingerprint density at radius 3 is 2.29 bits per heavy atom. The summed E-state index contributed by atoms with van der Waals surface area (Å²) >= 11 is 0. The first kappa shape index (κ1) is 15.2. The van der Waals surface area contributed by atoms with Crippen molar-refractivity contribution in [3.63, 3.8) is 0 Å². The summed E-state index contributed by atoms with van der Waals surface area (Å²) < 4.78 is 4.54. The molecule has 0 fully saturated rings. The second kappa shape index (κ2) is 7.48. The van der Waals surface area contributed by atoms with Crippen LogP contribution in [0.15, 0.2) is 0 Å². The van der Waals surface area contributed by atoms with E-state index >= 15 is 0 Å². The van der Waals surface area contributed by atoms with Crippen LogP contribution in [0.1, 0.15) is 20.3 Å². The van der Waals surface area contributed by atoms with Crippen LogP contribution in [-0.2, 0) is 14.3 Å². The van der Waals surface area contributed by atoms with Crippen LogP contribution in [0.3, 0.4) is 0 Å². The second-order valence-electron chi connectivity index (χ2n) is 3.93. The molecule has 0 spiro atoms. The molecule has 0 heterocycles. The van der Waals surface area contributed by atoms with E-state index in [2.05, 4.69) is 15.4 Å². The lowest BCUT2D eigenvalue weighted by Gasteiger charge is -2.18. The molecule has 0 aliphatic rings. The largest absolute Gasteiger partial charge is 0.480 e. The minimum atomic E-state index is -1.15. The summed E-state index contributed by atoms with van der Waals surface area (Å²) in [7, 11) is 1.23. The van der Waals surface area contributed by atoms with Crippen molar-refractivity contribution >= 4 is 18.0 Å². The number of nitrogens with one attached hydrogen (secondary N) is 2. The number of carbonyl (C=O) groups is 3. The number of hydrogen-bond donors (Lipinski definition) is 3. The number of carboxylic acids is 1. The highest BCUT2D eigenvalue weighted by molar-refractivity contribution is 5.85. The van der Waals surface area contributed by atoms with Gasteiger partial charge in [0, 0.05) is 0 Å². The second-order valence-corrected chi connectivity index (χ2v) is 3.93. The molecule has 0 aliphatic carbocycles. The normalized spacial score (nSPS) is 11.8. The molecule has 1 atom stereocenters. The van der Waals surface area contributed by atoms with Gasteiger partial charge >= 0.3 is 18.0 Å². The molecule has 0 aromatic rings. The molecule has 0 saturated heterocycles. The van der Waals surface area contributed by atoms with Crippen LogP contribution < -0.4 is 10.6 Å². The number of methoxy groups -OCH3 is 1. The van der Waals surface area contributed by atoms with Crippen molar-refractivity contribution in [3.05, 3.63) is 0 Å². The van der Waals surface area contributed by atoms with E-state index in [9.17, 15) is 14.4 Å². The van der Waals surface area contributed by atoms with Crippen LogP contribution in [0.25, 0.3) is 0 Å². The number of urea groups is 1. The molecule has 0 aromatic heterocycles. The molecule has 17 heavy (non-hydrogen) atoms. The molecule has 0 bridgehead atoms. The van der Waals surface area contributed by atoms with Crippen molar-refractivity contribution in [1.82, 2.24) is 10.6 Å². The van der Waals surface area contributed by atoms with Crippen LogP contribution in [0, 0.1) is 5.92 Å². The zero-order valence-electron chi connectivity index (χ0n) is 10.1. The maximum atomic E-state index is 11.3. The molecular formula is C10H18N2O5. The van der Waals surface area contributed by atoms with Crippen molar-refractivity contribution < 1.29 is 24.2 Å². The van der Waals surface area contributed by atoms with Crippen LogP contribution >= 0.6 is 0 Å². The fraction of sp³-hybridized carbons (Fsp3) is 0.700. The van der Waals surface area contributed by atoms with Crippen molar-refractivity contribution in [2.75, 3.05) is 13.7 Å². The number of hydrogen-bond acceptors (Lipinski definition) is 4. The molecule has 0 aliphatic heterocycles. The Bertz CT molecular complexity index is 290. The Kier molecular flexibility index (Phi) is 6.69. The highest BCUT2D eigenvalue weighted by Gasteiger charge is 2.22. The lowest BCUT2D eigenvalue weighted by molar-refractivity contribution is -0.143. The van der Waals surface area contributed by atoms with E-state index in [-0.39, 0.29) is 5.92 Å². The van der Waals surface area contributed by atoms with Crippen molar-refractivity contribution in [2.24, 2.45) is 5.92 Å². The van der Waals surface area contributed by atoms with E-state index in [1.807, 2.05) is 13.8 Å². The summed E-state index contributed by atoms with van der Waals surface area (Å²) in [4.78, 5) is 32.8. The zero-order valence-corrected chi connectivity index (χ0v) is 10.1. The summed E-state index contributed by atoms with van der Waals surface area (Å²) in [5.74, 6) is -1.51. The highest BCUT2D eigenvalue weighted by atomic mass is 16.5. The lowest BCUT2D eigenvalue weighted by atomic mass is 10.0. The molecule has 0 aromatic carbocycles. The molecule has 3 N–H and O–H groups in total. The Hall–Kier alpha value is -1.79. The van der Waals surface area contributed by atoms with Crippen molar-refractivity contribution in [1.29, 1.82) is 0 Å². The minimum Gasteiger partial charge on any atom is -0.480 e. The van der Waals surface area contributed by atoms with E-state index in [4.69, 9.17) is 5.11 Å². The van der Waals surface area contributed by atoms with Crippen molar-refractivity contribution in [3.8, 4) is 0 Å². The van der Waals surface area contributed by atoms with Gasteiger partial charge in [-0.15, -0.1) is 0 Å². The number of amides is 2. The Morgan fingerprint density at radius 2 is 1.88 bits per heavy atom. The van der Waals surface area contributed by atoms with E-state index < -0.39 is 30.6 Å². The third kappa shape index (κ3) is 7.15. The Morgan fingerprint density at radius 1 is 1.29 bits per heavy atom. The molecular weight excluding hydrogens is 228 g/mol. The van der Waals surface area contributed by atoms with Crippen LogP contribution in [0.2, 0.25) is 0 Å². The summed E-state index contributed by atoms with van der Waals surface area (Å²) in [5.41, 5.74) is 0. The third-order valence-electron chi connectivity index (χ3n) is 1.90. The van der Waals surface area contributed by atoms with Crippen LogP contribution in [0.4, 0.5) is 4.79 Å². The Balaban J connectivity index is 4.27. The van der Waals surface area contributed by atoms with E-state index in [1.54, 1.807) is 0 Å². The highest BCUT2D eigenvalue weighted by Crippen LogP contribution is 2.05. The molecule has 7 nitrogen and oxygen atoms in total. The zero-order chi connectivity index (χ0) is 13.4. The smallest absolute Gasteiger partial charge is 0.328 e. The van der Waals surface area contributed by atoms with Gasteiger partial charge < -0.3 is 20.5 Å². The molecule has 7 heteroatoms. The fourth-order valence-electron chi connectivity index (χ4n) is 1.19. The average molecular weight is 246 g/mol. The van der Waals surface area contributed by atoms with Gasteiger partial charge in [0.25, 0.3) is 0 Å². The predicted molar refractivity (Wildman–Crippen MR) is 59.4 cm³/mol. The summed E-state index contributed by atoms with van der Waals surface area (Å²) in [5, 5.41) is 12.8. The van der Waals surface area contributed by atoms with Crippen LogP contribution in [-0.4, -0.2) is 42.8 Å². The van der Waals surface area contributed by atoms with E-state index in [0.29, 0.717) is 6.42 Å². The standard InChI is InChI=1S/C10H18N2O5/c1-6(2)4-7(9(15)17-3)12-10(16)11-5-8(13)14/h6-7H,4-5H2,1-3H3,(H,13,14)(H2,11,12,16). The summed E-state index contributed by atoms with van der Waals surface area (Å²) in [6.45, 7) is 3.29. The SMILES string of the molecule is COC(=O)C(CC(C)C)NC(=O)NCC(=O)O. The number of aliphatic carboxylic acids is 1. The van der Waals surface area contributed by atoms with Gasteiger partial charge in [-0.2, -0.15) is 0 Å². The summed E-state index contributed by atoms with van der Waals surface area (Å²) in [6, 6.07) is -1.47. The number of ether oxygens (including phenoxy) is 1. The van der Waals surface area contributed by atoms with Gasteiger partial charge in [-0.3, -0.25) is 4.79 Å². The third-order valence-corrected chi connectivity index (χ3v) is 1.90. The van der Waals surface area contributed by atoms with Crippen molar-refractivity contribution in [2.45, 2.75) is 26.3 Å². The minimum absolute atomic E-state index is 0.193. The number of carbonyl (C=O) groups excluding carboxylic acids is 2. The van der Waals surface area contributed by atoms with Gasteiger partial charge in [0.2, 0.25) is 0 Å². The first-order chi connectivity index (χ1) is 7.86. The molecule has 0 radical (unpaired) electrons. The van der Waals surface area contributed by atoms with Gasteiger partial charge in [0.1, 0.15) is 12.6 Å². The number of esters is 1. The maximum Gasteiger partial charge on any atom is 0.328 e.